The standard InChI is InChI=1S/C14H14N2O2/c1-16(10-11-6-3-2-4-7-11)14(18)13(17)12-8-5-9-15-12/h2-9,15H,10H2,1H3. The van der Waals surface area contributed by atoms with Gasteiger partial charge in [-0.25, -0.2) is 0 Å². The first kappa shape index (κ1) is 12.1. The Morgan fingerprint density at radius 1 is 1.11 bits per heavy atom. The molecule has 0 aliphatic carbocycles. The van der Waals surface area contributed by atoms with Crippen molar-refractivity contribution < 1.29 is 9.59 Å². The van der Waals surface area contributed by atoms with Crippen molar-refractivity contribution in [2.45, 2.75) is 6.54 Å². The van der Waals surface area contributed by atoms with Crippen molar-refractivity contribution in [2.75, 3.05) is 7.05 Å². The summed E-state index contributed by atoms with van der Waals surface area (Å²) in [6, 6.07) is 12.8. The summed E-state index contributed by atoms with van der Waals surface area (Å²) < 4.78 is 0. The van der Waals surface area contributed by atoms with E-state index in [0.29, 0.717) is 12.2 Å². The highest BCUT2D eigenvalue weighted by molar-refractivity contribution is 6.42. The van der Waals surface area contributed by atoms with Crippen LogP contribution in [-0.2, 0) is 11.3 Å². The van der Waals surface area contributed by atoms with E-state index in [1.807, 2.05) is 30.3 Å². The van der Waals surface area contributed by atoms with E-state index in [4.69, 9.17) is 0 Å². The van der Waals surface area contributed by atoms with Gasteiger partial charge in [-0.1, -0.05) is 30.3 Å². The number of amides is 1. The molecule has 1 amide bonds. The fourth-order valence-corrected chi connectivity index (χ4v) is 1.69. The van der Waals surface area contributed by atoms with Crippen LogP contribution in [-0.4, -0.2) is 28.6 Å². The zero-order valence-electron chi connectivity index (χ0n) is 10.1. The summed E-state index contributed by atoms with van der Waals surface area (Å²) >= 11 is 0. The molecule has 1 N–H and O–H groups in total. The molecule has 4 heteroatoms. The molecule has 0 saturated carbocycles. The quantitative estimate of drug-likeness (QED) is 0.657. The zero-order chi connectivity index (χ0) is 13.0. The van der Waals surface area contributed by atoms with Crippen molar-refractivity contribution >= 4 is 11.7 Å². The van der Waals surface area contributed by atoms with Crippen molar-refractivity contribution in [2.24, 2.45) is 0 Å². The molecule has 4 nitrogen and oxygen atoms in total. The van der Waals surface area contributed by atoms with Crippen LogP contribution in [0.25, 0.3) is 0 Å². The summed E-state index contributed by atoms with van der Waals surface area (Å²) in [5.74, 6) is -1.03. The fourth-order valence-electron chi connectivity index (χ4n) is 1.69. The zero-order valence-corrected chi connectivity index (χ0v) is 10.1. The number of Topliss-reactive ketones (excluding diaryl/α,β-unsaturated/α-hetero) is 1. The summed E-state index contributed by atoms with van der Waals surface area (Å²) in [5.41, 5.74) is 1.31. The van der Waals surface area contributed by atoms with E-state index in [9.17, 15) is 9.59 Å². The third-order valence-electron chi connectivity index (χ3n) is 2.65. The lowest BCUT2D eigenvalue weighted by molar-refractivity contribution is -0.125. The summed E-state index contributed by atoms with van der Waals surface area (Å²) in [7, 11) is 1.62. The molecule has 0 spiro atoms. The van der Waals surface area contributed by atoms with E-state index >= 15 is 0 Å². The smallest absolute Gasteiger partial charge is 0.296 e. The highest BCUT2D eigenvalue weighted by Gasteiger charge is 2.20. The monoisotopic (exact) mass is 242 g/mol. The lowest BCUT2D eigenvalue weighted by Crippen LogP contribution is -2.33. The van der Waals surface area contributed by atoms with Crippen molar-refractivity contribution in [3.05, 3.63) is 59.9 Å². The second-order valence-electron chi connectivity index (χ2n) is 4.06. The maximum Gasteiger partial charge on any atom is 0.296 e. The molecule has 0 atom stereocenters. The summed E-state index contributed by atoms with van der Waals surface area (Å²) in [6.07, 6.45) is 1.62. The van der Waals surface area contributed by atoms with Gasteiger partial charge in [0, 0.05) is 19.8 Å². The number of likely N-dealkylation sites (N-methyl/N-ethyl adjacent to an activating group) is 1. The number of H-pyrrole nitrogens is 1. The largest absolute Gasteiger partial charge is 0.358 e. The molecular formula is C14H14N2O2. The number of nitrogens with one attached hydrogen (secondary N) is 1. The van der Waals surface area contributed by atoms with Gasteiger partial charge >= 0.3 is 0 Å². The van der Waals surface area contributed by atoms with Crippen LogP contribution < -0.4 is 0 Å². The van der Waals surface area contributed by atoms with Crippen LogP contribution in [0.5, 0.6) is 0 Å². The Morgan fingerprint density at radius 3 is 2.44 bits per heavy atom. The second-order valence-corrected chi connectivity index (χ2v) is 4.06. The molecule has 18 heavy (non-hydrogen) atoms. The predicted molar refractivity (Wildman–Crippen MR) is 68.0 cm³/mol. The highest BCUT2D eigenvalue weighted by Crippen LogP contribution is 2.05. The molecule has 2 rings (SSSR count). The first-order chi connectivity index (χ1) is 8.68. The number of benzene rings is 1. The van der Waals surface area contributed by atoms with Gasteiger partial charge in [0.15, 0.2) is 0 Å². The SMILES string of the molecule is CN(Cc1ccccc1)C(=O)C(=O)c1ccc[nH]1. The number of ketones is 1. The number of rotatable bonds is 4. The van der Waals surface area contributed by atoms with E-state index in [1.54, 1.807) is 25.4 Å². The van der Waals surface area contributed by atoms with E-state index in [0.717, 1.165) is 5.56 Å². The lowest BCUT2D eigenvalue weighted by Gasteiger charge is -2.15. The lowest BCUT2D eigenvalue weighted by atomic mass is 10.2. The molecule has 92 valence electrons. The van der Waals surface area contributed by atoms with Crippen LogP contribution in [0.15, 0.2) is 48.7 Å². The van der Waals surface area contributed by atoms with Crippen LogP contribution >= 0.6 is 0 Å². The maximum absolute atomic E-state index is 11.9. The number of carbonyl (C=O) groups is 2. The topological polar surface area (TPSA) is 53.2 Å². The minimum atomic E-state index is -0.515. The van der Waals surface area contributed by atoms with Crippen LogP contribution in [0.4, 0.5) is 0 Å². The first-order valence-corrected chi connectivity index (χ1v) is 5.65. The van der Waals surface area contributed by atoms with Crippen LogP contribution in [0.1, 0.15) is 16.1 Å². The van der Waals surface area contributed by atoms with Gasteiger partial charge in [0.1, 0.15) is 0 Å². The van der Waals surface area contributed by atoms with Crippen molar-refractivity contribution in [3.8, 4) is 0 Å². The number of nitrogens with zero attached hydrogens (tertiary/aromatic N) is 1. The van der Waals surface area contributed by atoms with Crippen molar-refractivity contribution in [1.29, 1.82) is 0 Å². The first-order valence-electron chi connectivity index (χ1n) is 5.65. The molecule has 1 heterocycles. The third kappa shape index (κ3) is 2.66. The molecule has 0 saturated heterocycles. The summed E-state index contributed by atoms with van der Waals surface area (Å²) in [5, 5.41) is 0. The molecular weight excluding hydrogens is 228 g/mol. The number of carbonyl (C=O) groups excluding carboxylic acids is 2. The predicted octanol–water partition coefficient (Wildman–Crippen LogP) is 1.86. The maximum atomic E-state index is 11.9. The van der Waals surface area contributed by atoms with Gasteiger partial charge in [-0.15, -0.1) is 0 Å². The van der Waals surface area contributed by atoms with Gasteiger partial charge in [-0.2, -0.15) is 0 Å². The highest BCUT2D eigenvalue weighted by atomic mass is 16.2. The molecule has 0 unspecified atom stereocenters. The van der Waals surface area contributed by atoms with Crippen molar-refractivity contribution in [1.82, 2.24) is 9.88 Å². The number of hydrogen-bond donors (Lipinski definition) is 1. The Labute approximate surface area is 105 Å². The van der Waals surface area contributed by atoms with Gasteiger partial charge in [-0.05, 0) is 17.7 Å². The minimum Gasteiger partial charge on any atom is -0.358 e. The summed E-state index contributed by atoms with van der Waals surface area (Å²) in [4.78, 5) is 27.9. The molecule has 0 aliphatic heterocycles. The summed E-state index contributed by atoms with van der Waals surface area (Å²) in [6.45, 7) is 0.423. The normalized spacial score (nSPS) is 10.1. The van der Waals surface area contributed by atoms with Gasteiger partial charge < -0.3 is 9.88 Å². The number of aromatic amines is 1. The Hall–Kier alpha value is -2.36. The van der Waals surface area contributed by atoms with Crippen LogP contribution in [0.3, 0.4) is 0 Å². The van der Waals surface area contributed by atoms with E-state index in [1.165, 1.54) is 4.90 Å². The molecule has 0 bridgehead atoms. The van der Waals surface area contributed by atoms with Gasteiger partial charge in [0.05, 0.1) is 5.69 Å². The Morgan fingerprint density at radius 2 is 1.83 bits per heavy atom. The molecule has 1 aromatic carbocycles. The minimum absolute atomic E-state index is 0.319. The Kier molecular flexibility index (Phi) is 3.57. The number of hydrogen-bond acceptors (Lipinski definition) is 2. The fraction of sp³-hybridized carbons (Fsp3) is 0.143. The molecule has 0 aliphatic rings. The average molecular weight is 242 g/mol. The van der Waals surface area contributed by atoms with E-state index in [-0.39, 0.29) is 0 Å². The molecule has 0 fully saturated rings. The van der Waals surface area contributed by atoms with E-state index in [2.05, 4.69) is 4.98 Å². The number of aromatic nitrogens is 1. The van der Waals surface area contributed by atoms with Gasteiger partial charge in [0.2, 0.25) is 0 Å². The van der Waals surface area contributed by atoms with Crippen LogP contribution in [0.2, 0.25) is 0 Å². The Bertz CT molecular complexity index is 532. The third-order valence-corrected chi connectivity index (χ3v) is 2.65. The second kappa shape index (κ2) is 5.31. The van der Waals surface area contributed by atoms with Gasteiger partial charge in [-0.3, -0.25) is 9.59 Å². The molecule has 1 aromatic heterocycles. The van der Waals surface area contributed by atoms with Crippen molar-refractivity contribution in [3.63, 3.8) is 0 Å². The molecule has 2 aromatic rings. The Balaban J connectivity index is 2.03. The van der Waals surface area contributed by atoms with Crippen LogP contribution in [0, 0.1) is 0 Å². The van der Waals surface area contributed by atoms with E-state index < -0.39 is 11.7 Å². The van der Waals surface area contributed by atoms with Gasteiger partial charge in [0.25, 0.3) is 11.7 Å². The molecule has 0 radical (unpaired) electrons. The average Bonchev–Trinajstić information content (AvgIpc) is 2.92.